The minimum absolute atomic E-state index is 0.0864. The first-order chi connectivity index (χ1) is 8.08. The molecule has 6 heteroatoms. The Hall–Kier alpha value is -2.08. The van der Waals surface area contributed by atoms with Crippen LogP contribution < -0.4 is 11.1 Å². The van der Waals surface area contributed by atoms with E-state index < -0.39 is 5.97 Å². The molecule has 1 aromatic heterocycles. The summed E-state index contributed by atoms with van der Waals surface area (Å²) in [6, 6.07) is 4.83. The Labute approximate surface area is 102 Å². The van der Waals surface area contributed by atoms with Crippen molar-refractivity contribution in [3.8, 4) is 0 Å². The zero-order chi connectivity index (χ0) is 12.4. The Morgan fingerprint density at radius 2 is 2.29 bits per heavy atom. The highest BCUT2D eigenvalue weighted by atomic mass is 32.1. The summed E-state index contributed by atoms with van der Waals surface area (Å²) in [5, 5.41) is 14.5. The lowest BCUT2D eigenvalue weighted by Crippen LogP contribution is -2.05. The van der Waals surface area contributed by atoms with Gasteiger partial charge in [-0.15, -0.1) is 11.3 Å². The summed E-state index contributed by atoms with van der Waals surface area (Å²) in [5.41, 5.74) is 7.54. The molecule has 0 saturated carbocycles. The number of para-hydroxylation sites is 1. The lowest BCUT2D eigenvalue weighted by molar-refractivity contribution is 0.0698. The zero-order valence-corrected chi connectivity index (χ0v) is 9.91. The van der Waals surface area contributed by atoms with Gasteiger partial charge in [-0.2, -0.15) is 0 Å². The number of aryl methyl sites for hydroxylation is 1. The summed E-state index contributed by atoms with van der Waals surface area (Å²) >= 11 is 1.44. The van der Waals surface area contributed by atoms with Crippen LogP contribution in [0.1, 0.15) is 16.1 Å². The minimum atomic E-state index is -1.04. The number of hydrogen-bond acceptors (Lipinski definition) is 5. The molecule has 0 spiro atoms. The second kappa shape index (κ2) is 4.42. The standard InChI is InChI=1S/C11H11N3O2S/c1-6-5-17-11(13-6)14-8-4-2-3-7(9(8)12)10(15)16/h2-5H,12H2,1H3,(H,13,14)(H,15,16). The SMILES string of the molecule is Cc1csc(Nc2cccc(C(=O)O)c2N)n1. The number of carbonyl (C=O) groups is 1. The van der Waals surface area contributed by atoms with Crippen molar-refractivity contribution in [1.29, 1.82) is 0 Å². The van der Waals surface area contributed by atoms with Crippen molar-refractivity contribution in [2.45, 2.75) is 6.92 Å². The first-order valence-electron chi connectivity index (χ1n) is 4.89. The minimum Gasteiger partial charge on any atom is -0.478 e. The van der Waals surface area contributed by atoms with Crippen LogP contribution in [-0.2, 0) is 0 Å². The number of aromatic nitrogens is 1. The van der Waals surface area contributed by atoms with Crippen molar-refractivity contribution in [3.05, 3.63) is 34.8 Å². The van der Waals surface area contributed by atoms with Crippen LogP contribution in [0.5, 0.6) is 0 Å². The fraction of sp³-hybridized carbons (Fsp3) is 0.0909. The number of carboxylic acids is 1. The molecular weight excluding hydrogens is 238 g/mol. The third kappa shape index (κ3) is 2.36. The Morgan fingerprint density at radius 3 is 2.88 bits per heavy atom. The Bertz CT molecular complexity index is 566. The van der Waals surface area contributed by atoms with Crippen LogP contribution in [0.4, 0.5) is 16.5 Å². The fourth-order valence-electron chi connectivity index (χ4n) is 1.39. The van der Waals surface area contributed by atoms with Gasteiger partial charge in [0, 0.05) is 5.38 Å². The number of nitrogen functional groups attached to an aromatic ring is 1. The second-order valence-electron chi connectivity index (χ2n) is 3.49. The number of nitrogens with zero attached hydrogens (tertiary/aromatic N) is 1. The predicted molar refractivity (Wildman–Crippen MR) is 67.9 cm³/mol. The molecule has 2 rings (SSSR count). The van der Waals surface area contributed by atoms with E-state index >= 15 is 0 Å². The van der Waals surface area contributed by atoms with Crippen LogP contribution >= 0.6 is 11.3 Å². The number of rotatable bonds is 3. The quantitative estimate of drug-likeness (QED) is 0.727. The van der Waals surface area contributed by atoms with E-state index in [1.807, 2.05) is 12.3 Å². The van der Waals surface area contributed by atoms with E-state index in [2.05, 4.69) is 10.3 Å². The van der Waals surface area contributed by atoms with Gasteiger partial charge in [0.25, 0.3) is 0 Å². The van der Waals surface area contributed by atoms with Crippen molar-refractivity contribution in [2.24, 2.45) is 0 Å². The predicted octanol–water partition coefficient (Wildman–Crippen LogP) is 2.48. The molecule has 17 heavy (non-hydrogen) atoms. The largest absolute Gasteiger partial charge is 0.478 e. The normalized spacial score (nSPS) is 10.2. The van der Waals surface area contributed by atoms with Crippen LogP contribution in [0.2, 0.25) is 0 Å². The molecule has 0 aliphatic heterocycles. The third-order valence-electron chi connectivity index (χ3n) is 2.20. The fourth-order valence-corrected chi connectivity index (χ4v) is 2.09. The molecule has 4 N–H and O–H groups in total. The van der Waals surface area contributed by atoms with Crippen molar-refractivity contribution in [2.75, 3.05) is 11.1 Å². The van der Waals surface area contributed by atoms with Gasteiger partial charge < -0.3 is 16.2 Å². The number of nitrogens with two attached hydrogens (primary N) is 1. The molecule has 88 valence electrons. The van der Waals surface area contributed by atoms with E-state index in [-0.39, 0.29) is 11.3 Å². The van der Waals surface area contributed by atoms with Gasteiger partial charge in [-0.05, 0) is 19.1 Å². The van der Waals surface area contributed by atoms with Crippen LogP contribution in [0.15, 0.2) is 23.6 Å². The van der Waals surface area contributed by atoms with Crippen molar-refractivity contribution >= 4 is 33.8 Å². The van der Waals surface area contributed by atoms with Crippen molar-refractivity contribution in [3.63, 3.8) is 0 Å². The van der Waals surface area contributed by atoms with E-state index in [4.69, 9.17) is 10.8 Å². The van der Waals surface area contributed by atoms with Crippen LogP contribution in [0.3, 0.4) is 0 Å². The summed E-state index contributed by atoms with van der Waals surface area (Å²) < 4.78 is 0. The maximum atomic E-state index is 10.9. The number of carboxylic acid groups (broad SMARTS) is 1. The first-order valence-corrected chi connectivity index (χ1v) is 5.77. The van der Waals surface area contributed by atoms with Crippen molar-refractivity contribution < 1.29 is 9.90 Å². The average Bonchev–Trinajstić information content (AvgIpc) is 2.67. The highest BCUT2D eigenvalue weighted by Gasteiger charge is 2.11. The molecule has 0 radical (unpaired) electrons. The van der Waals surface area contributed by atoms with Crippen molar-refractivity contribution in [1.82, 2.24) is 4.98 Å². The van der Waals surface area contributed by atoms with Crippen LogP contribution in [0, 0.1) is 6.92 Å². The lowest BCUT2D eigenvalue weighted by atomic mass is 10.1. The van der Waals surface area contributed by atoms with Crippen LogP contribution in [-0.4, -0.2) is 16.1 Å². The lowest BCUT2D eigenvalue weighted by Gasteiger charge is -2.08. The molecule has 0 unspecified atom stereocenters. The number of thiazole rings is 1. The van der Waals surface area contributed by atoms with Gasteiger partial charge in [0.15, 0.2) is 5.13 Å². The van der Waals surface area contributed by atoms with Gasteiger partial charge in [-0.25, -0.2) is 9.78 Å². The van der Waals surface area contributed by atoms with Gasteiger partial charge in [0.05, 0.1) is 22.6 Å². The zero-order valence-electron chi connectivity index (χ0n) is 9.10. The summed E-state index contributed by atoms with van der Waals surface area (Å²) in [5.74, 6) is -1.04. The Morgan fingerprint density at radius 1 is 1.53 bits per heavy atom. The molecule has 0 amide bonds. The van der Waals surface area contributed by atoms with E-state index in [1.165, 1.54) is 17.4 Å². The molecule has 1 heterocycles. The molecule has 5 nitrogen and oxygen atoms in total. The summed E-state index contributed by atoms with van der Waals surface area (Å²) in [6.45, 7) is 1.89. The van der Waals surface area contributed by atoms with E-state index in [1.54, 1.807) is 12.1 Å². The highest BCUT2D eigenvalue weighted by molar-refractivity contribution is 7.13. The smallest absolute Gasteiger partial charge is 0.337 e. The maximum Gasteiger partial charge on any atom is 0.337 e. The molecule has 0 aliphatic carbocycles. The van der Waals surface area contributed by atoms with Gasteiger partial charge in [0.1, 0.15) is 0 Å². The molecule has 0 fully saturated rings. The van der Waals surface area contributed by atoms with Crippen LogP contribution in [0.25, 0.3) is 0 Å². The molecule has 2 aromatic rings. The van der Waals surface area contributed by atoms with Gasteiger partial charge >= 0.3 is 5.97 Å². The molecule has 0 aliphatic rings. The van der Waals surface area contributed by atoms with Gasteiger partial charge in [-0.1, -0.05) is 6.07 Å². The Kier molecular flexibility index (Phi) is 2.97. The van der Waals surface area contributed by atoms with Gasteiger partial charge in [-0.3, -0.25) is 0 Å². The van der Waals surface area contributed by atoms with E-state index in [9.17, 15) is 4.79 Å². The second-order valence-corrected chi connectivity index (χ2v) is 4.35. The maximum absolute atomic E-state index is 10.9. The number of hydrogen-bond donors (Lipinski definition) is 3. The molecule has 1 aromatic carbocycles. The monoisotopic (exact) mass is 249 g/mol. The molecular formula is C11H11N3O2S. The summed E-state index contributed by atoms with van der Waals surface area (Å²) in [6.07, 6.45) is 0. The highest BCUT2D eigenvalue weighted by Crippen LogP contribution is 2.27. The third-order valence-corrected chi connectivity index (χ3v) is 3.07. The number of anilines is 3. The summed E-state index contributed by atoms with van der Waals surface area (Å²) in [4.78, 5) is 15.1. The first kappa shape index (κ1) is 11.4. The Balaban J connectivity index is 2.33. The molecule has 0 atom stereocenters. The number of nitrogens with one attached hydrogen (secondary N) is 1. The average molecular weight is 249 g/mol. The summed E-state index contributed by atoms with van der Waals surface area (Å²) in [7, 11) is 0. The van der Waals surface area contributed by atoms with Gasteiger partial charge in [0.2, 0.25) is 0 Å². The molecule has 0 saturated heterocycles. The number of benzene rings is 1. The van der Waals surface area contributed by atoms with E-state index in [0.29, 0.717) is 10.8 Å². The van der Waals surface area contributed by atoms with E-state index in [0.717, 1.165) is 5.69 Å². The number of aromatic carboxylic acids is 1. The molecule has 0 bridgehead atoms. The topological polar surface area (TPSA) is 88.2 Å².